The summed E-state index contributed by atoms with van der Waals surface area (Å²) in [6.45, 7) is 0. The van der Waals surface area contributed by atoms with Crippen LogP contribution in [0.15, 0.2) is 67.0 Å². The number of halogens is 4. The molecule has 30 heavy (non-hydrogen) atoms. The zero-order valence-electron chi connectivity index (χ0n) is 15.0. The van der Waals surface area contributed by atoms with E-state index in [2.05, 4.69) is 20.7 Å². The Morgan fingerprint density at radius 3 is 2.47 bits per heavy atom. The average Bonchev–Trinajstić information content (AvgIpc) is 3.38. The summed E-state index contributed by atoms with van der Waals surface area (Å²) in [5.41, 5.74) is -1.72. The van der Waals surface area contributed by atoms with Gasteiger partial charge in [0.15, 0.2) is 11.4 Å². The van der Waals surface area contributed by atoms with Gasteiger partial charge in [0, 0.05) is 18.1 Å². The molecule has 2 aromatic carbocycles. The zero-order chi connectivity index (χ0) is 21.3. The highest BCUT2D eigenvalue weighted by Crippen LogP contribution is 2.33. The molecule has 7 nitrogen and oxygen atoms in total. The third-order valence-electron chi connectivity index (χ3n) is 4.08. The number of rotatable bonds is 4. The highest BCUT2D eigenvalue weighted by Gasteiger charge is 2.42. The zero-order valence-corrected chi connectivity index (χ0v) is 15.0. The van der Waals surface area contributed by atoms with E-state index in [0.717, 1.165) is 12.1 Å². The number of aromatic nitrogens is 5. The summed E-state index contributed by atoms with van der Waals surface area (Å²) in [4.78, 5) is 12.6. The molecule has 4 aromatic rings. The number of benzene rings is 2. The quantitative estimate of drug-likeness (QED) is 0.513. The minimum absolute atomic E-state index is 0.213. The lowest BCUT2D eigenvalue weighted by atomic mass is 10.2. The molecule has 0 fully saturated rings. The van der Waals surface area contributed by atoms with Crippen molar-refractivity contribution in [2.75, 3.05) is 5.32 Å². The molecule has 0 saturated carbocycles. The fraction of sp³-hybridized carbons (Fsp3) is 0.0526. The van der Waals surface area contributed by atoms with Gasteiger partial charge in [0.25, 0.3) is 5.91 Å². The lowest BCUT2D eigenvalue weighted by Crippen LogP contribution is -2.21. The van der Waals surface area contributed by atoms with E-state index in [9.17, 15) is 22.4 Å². The van der Waals surface area contributed by atoms with Gasteiger partial charge in [-0.15, -0.1) is 5.10 Å². The first-order valence-corrected chi connectivity index (χ1v) is 8.53. The largest absolute Gasteiger partial charge is 0.435 e. The maximum absolute atomic E-state index is 13.7. The lowest BCUT2D eigenvalue weighted by Gasteiger charge is -2.11. The Kier molecular flexibility index (Phi) is 4.78. The lowest BCUT2D eigenvalue weighted by molar-refractivity contribution is -0.143. The van der Waals surface area contributed by atoms with Gasteiger partial charge in [-0.05, 0) is 42.5 Å². The molecule has 152 valence electrons. The third-order valence-corrected chi connectivity index (χ3v) is 4.08. The second-order valence-corrected chi connectivity index (χ2v) is 6.13. The van der Waals surface area contributed by atoms with Crippen molar-refractivity contribution >= 4 is 11.6 Å². The molecular weight excluding hydrogens is 404 g/mol. The second kappa shape index (κ2) is 7.43. The molecule has 0 aliphatic rings. The van der Waals surface area contributed by atoms with E-state index in [-0.39, 0.29) is 11.4 Å². The van der Waals surface area contributed by atoms with Gasteiger partial charge in [0.2, 0.25) is 0 Å². The Bertz CT molecular complexity index is 1200. The number of hydrogen-bond donors (Lipinski definition) is 1. The van der Waals surface area contributed by atoms with E-state index in [4.69, 9.17) is 0 Å². The predicted octanol–water partition coefficient (Wildman–Crippen LogP) is 3.86. The number of alkyl halides is 3. The van der Waals surface area contributed by atoms with Gasteiger partial charge in [-0.1, -0.05) is 17.3 Å². The molecule has 0 aliphatic heterocycles. The predicted molar refractivity (Wildman–Crippen MR) is 97.8 cm³/mol. The molecule has 1 amide bonds. The monoisotopic (exact) mass is 416 g/mol. The first-order valence-electron chi connectivity index (χ1n) is 8.53. The maximum atomic E-state index is 13.7. The van der Waals surface area contributed by atoms with Gasteiger partial charge in [-0.25, -0.2) is 13.8 Å². The minimum atomic E-state index is -4.96. The number of carbonyl (C=O) groups excluding carboxylic acids is 1. The Labute approximate surface area is 166 Å². The SMILES string of the molecule is O=C(Nc1cccc(-n2cccn2)c1)c1nnn(-c2cccc(F)c2)c1C(F)(F)F. The third kappa shape index (κ3) is 3.77. The Balaban J connectivity index is 1.69. The molecule has 0 atom stereocenters. The van der Waals surface area contributed by atoms with E-state index in [0.29, 0.717) is 10.4 Å². The van der Waals surface area contributed by atoms with Gasteiger partial charge < -0.3 is 5.32 Å². The van der Waals surface area contributed by atoms with Crippen molar-refractivity contribution in [1.82, 2.24) is 24.8 Å². The van der Waals surface area contributed by atoms with Crippen LogP contribution in [0.3, 0.4) is 0 Å². The van der Waals surface area contributed by atoms with Crippen LogP contribution in [0.5, 0.6) is 0 Å². The highest BCUT2D eigenvalue weighted by molar-refractivity contribution is 6.03. The molecule has 2 heterocycles. The van der Waals surface area contributed by atoms with Gasteiger partial charge in [0.05, 0.1) is 11.4 Å². The number of hydrogen-bond acceptors (Lipinski definition) is 4. The molecule has 0 saturated heterocycles. The van der Waals surface area contributed by atoms with E-state index in [1.807, 2.05) is 0 Å². The van der Waals surface area contributed by atoms with Gasteiger partial charge in [-0.3, -0.25) is 4.79 Å². The van der Waals surface area contributed by atoms with Crippen molar-refractivity contribution in [3.63, 3.8) is 0 Å². The molecular formula is C19H12F4N6O. The van der Waals surface area contributed by atoms with E-state index < -0.39 is 29.3 Å². The van der Waals surface area contributed by atoms with Crippen LogP contribution in [0, 0.1) is 5.82 Å². The molecule has 4 rings (SSSR count). The smallest absolute Gasteiger partial charge is 0.320 e. The van der Waals surface area contributed by atoms with Crippen molar-refractivity contribution in [2.24, 2.45) is 0 Å². The summed E-state index contributed by atoms with van der Waals surface area (Å²) in [7, 11) is 0. The van der Waals surface area contributed by atoms with Gasteiger partial charge in [0.1, 0.15) is 5.82 Å². The molecule has 1 N–H and O–H groups in total. The molecule has 11 heteroatoms. The normalized spacial score (nSPS) is 11.5. The van der Waals surface area contributed by atoms with Crippen LogP contribution in [0.4, 0.5) is 23.2 Å². The molecule has 0 radical (unpaired) electrons. The Hall–Kier alpha value is -4.02. The molecule has 0 bridgehead atoms. The fourth-order valence-corrected chi connectivity index (χ4v) is 2.82. The molecule has 0 aliphatic carbocycles. The number of anilines is 1. The van der Waals surface area contributed by atoms with Crippen molar-refractivity contribution in [3.05, 3.63) is 84.2 Å². The topological polar surface area (TPSA) is 77.6 Å². The number of carbonyl (C=O) groups is 1. The number of nitrogens with zero attached hydrogens (tertiary/aromatic N) is 5. The minimum Gasteiger partial charge on any atom is -0.320 e. The van der Waals surface area contributed by atoms with E-state index in [1.54, 1.807) is 30.6 Å². The summed E-state index contributed by atoms with van der Waals surface area (Å²) in [5.74, 6) is -1.86. The van der Waals surface area contributed by atoms with Crippen LogP contribution >= 0.6 is 0 Å². The Morgan fingerprint density at radius 2 is 1.77 bits per heavy atom. The van der Waals surface area contributed by atoms with E-state index in [1.165, 1.54) is 28.9 Å². The first-order chi connectivity index (χ1) is 14.3. The van der Waals surface area contributed by atoms with Gasteiger partial charge in [-0.2, -0.15) is 18.3 Å². The van der Waals surface area contributed by atoms with Crippen LogP contribution in [-0.2, 0) is 6.18 Å². The average molecular weight is 416 g/mol. The summed E-state index contributed by atoms with van der Waals surface area (Å²) in [6.07, 6.45) is -1.72. The van der Waals surface area contributed by atoms with Crippen LogP contribution in [0.25, 0.3) is 11.4 Å². The molecule has 0 spiro atoms. The number of amides is 1. The number of nitrogens with one attached hydrogen (secondary N) is 1. The highest BCUT2D eigenvalue weighted by atomic mass is 19.4. The second-order valence-electron chi connectivity index (χ2n) is 6.13. The van der Waals surface area contributed by atoms with Crippen LogP contribution < -0.4 is 5.32 Å². The maximum Gasteiger partial charge on any atom is 0.435 e. The summed E-state index contributed by atoms with van der Waals surface area (Å²) in [5, 5.41) is 13.3. The molecule has 0 unspecified atom stereocenters. The van der Waals surface area contributed by atoms with Crippen molar-refractivity contribution in [2.45, 2.75) is 6.18 Å². The Morgan fingerprint density at radius 1 is 1.00 bits per heavy atom. The van der Waals surface area contributed by atoms with Gasteiger partial charge >= 0.3 is 6.18 Å². The van der Waals surface area contributed by atoms with Crippen molar-refractivity contribution in [3.8, 4) is 11.4 Å². The van der Waals surface area contributed by atoms with Crippen molar-refractivity contribution < 1.29 is 22.4 Å². The van der Waals surface area contributed by atoms with E-state index >= 15 is 0 Å². The van der Waals surface area contributed by atoms with Crippen molar-refractivity contribution in [1.29, 1.82) is 0 Å². The molecule has 2 aromatic heterocycles. The van der Waals surface area contributed by atoms with Crippen LogP contribution in [-0.4, -0.2) is 30.7 Å². The fourth-order valence-electron chi connectivity index (χ4n) is 2.82. The van der Waals surface area contributed by atoms with Crippen LogP contribution in [0.2, 0.25) is 0 Å². The summed E-state index contributed by atoms with van der Waals surface area (Å²) >= 11 is 0. The summed E-state index contributed by atoms with van der Waals surface area (Å²) in [6, 6.07) is 12.5. The van der Waals surface area contributed by atoms with Crippen LogP contribution in [0.1, 0.15) is 16.2 Å². The standard InChI is InChI=1S/C19H12F4N6O/c20-12-4-1-7-15(10-12)29-17(19(21,22)23)16(26-27-29)18(30)25-13-5-2-6-14(11-13)28-9-3-8-24-28/h1-11H,(H,25,30). The summed E-state index contributed by atoms with van der Waals surface area (Å²) < 4.78 is 56.4. The first kappa shape index (κ1) is 19.3.